The van der Waals surface area contributed by atoms with Crippen molar-refractivity contribution in [2.75, 3.05) is 26.7 Å². The standard InChI is InChI=1S/C23H35N5O4/c1-23(2,3)32-22(29)27(16-17-8-9-17)19-10-12-26(13-11-19)21(24-4)25-15-18-6-5-7-20(14-18)28(30)31/h5-7,14,17,19H,8-13,15-16H2,1-4H3,(H,24,25). The Labute approximate surface area is 190 Å². The van der Waals surface area contributed by atoms with Crippen LogP contribution in [-0.2, 0) is 11.3 Å². The monoisotopic (exact) mass is 445 g/mol. The van der Waals surface area contributed by atoms with Gasteiger partial charge < -0.3 is 19.9 Å². The number of carbonyl (C=O) groups is 1. The number of nitro benzene ring substituents is 1. The summed E-state index contributed by atoms with van der Waals surface area (Å²) in [5.41, 5.74) is 0.409. The van der Waals surface area contributed by atoms with Crippen molar-refractivity contribution >= 4 is 17.7 Å². The zero-order valence-electron chi connectivity index (χ0n) is 19.5. The summed E-state index contributed by atoms with van der Waals surface area (Å²) in [6.07, 6.45) is 3.86. The number of hydrogen-bond acceptors (Lipinski definition) is 5. The minimum Gasteiger partial charge on any atom is -0.444 e. The van der Waals surface area contributed by atoms with Gasteiger partial charge in [-0.25, -0.2) is 4.79 Å². The summed E-state index contributed by atoms with van der Waals surface area (Å²) >= 11 is 0. The molecule has 2 aliphatic rings. The number of benzene rings is 1. The summed E-state index contributed by atoms with van der Waals surface area (Å²) < 4.78 is 5.68. The molecule has 0 radical (unpaired) electrons. The van der Waals surface area contributed by atoms with Gasteiger partial charge in [-0.3, -0.25) is 15.1 Å². The van der Waals surface area contributed by atoms with Crippen molar-refractivity contribution in [3.63, 3.8) is 0 Å². The number of ether oxygens (including phenoxy) is 1. The third-order valence-electron chi connectivity index (χ3n) is 5.77. The first-order valence-electron chi connectivity index (χ1n) is 11.3. The molecule has 1 aliphatic heterocycles. The Morgan fingerprint density at radius 1 is 1.28 bits per heavy atom. The number of guanidine groups is 1. The maximum atomic E-state index is 12.8. The minimum atomic E-state index is -0.502. The number of rotatable bonds is 6. The highest BCUT2D eigenvalue weighted by Crippen LogP contribution is 2.32. The maximum absolute atomic E-state index is 12.8. The molecule has 0 atom stereocenters. The molecule has 0 bridgehead atoms. The molecule has 1 saturated carbocycles. The Morgan fingerprint density at radius 3 is 2.53 bits per heavy atom. The Kier molecular flexibility index (Phi) is 7.58. The van der Waals surface area contributed by atoms with E-state index >= 15 is 0 Å². The van der Waals surface area contributed by atoms with Gasteiger partial charge in [-0.1, -0.05) is 12.1 Å². The summed E-state index contributed by atoms with van der Waals surface area (Å²) in [6, 6.07) is 6.77. The number of piperidine rings is 1. The summed E-state index contributed by atoms with van der Waals surface area (Å²) in [7, 11) is 1.74. The summed E-state index contributed by atoms with van der Waals surface area (Å²) in [4.78, 5) is 31.9. The Hall–Kier alpha value is -2.84. The van der Waals surface area contributed by atoms with E-state index in [0.29, 0.717) is 12.5 Å². The van der Waals surface area contributed by atoms with Gasteiger partial charge in [-0.2, -0.15) is 0 Å². The van der Waals surface area contributed by atoms with Gasteiger partial charge in [0.15, 0.2) is 5.96 Å². The molecule has 9 nitrogen and oxygen atoms in total. The molecule has 1 heterocycles. The number of amides is 1. The molecule has 9 heteroatoms. The van der Waals surface area contributed by atoms with Crippen molar-refractivity contribution < 1.29 is 14.5 Å². The lowest BCUT2D eigenvalue weighted by Crippen LogP contribution is -2.52. The van der Waals surface area contributed by atoms with Gasteiger partial charge in [0.25, 0.3) is 5.69 Å². The van der Waals surface area contributed by atoms with Crippen LogP contribution < -0.4 is 5.32 Å². The molecule has 0 spiro atoms. The van der Waals surface area contributed by atoms with Crippen LogP contribution in [-0.4, -0.2) is 65.1 Å². The number of carbonyl (C=O) groups excluding carboxylic acids is 1. The van der Waals surface area contributed by atoms with E-state index in [1.807, 2.05) is 31.7 Å². The topological polar surface area (TPSA) is 100 Å². The lowest BCUT2D eigenvalue weighted by atomic mass is 10.0. The maximum Gasteiger partial charge on any atom is 0.410 e. The molecule has 1 amide bonds. The molecule has 0 unspecified atom stereocenters. The Bertz CT molecular complexity index is 839. The van der Waals surface area contributed by atoms with Crippen LogP contribution >= 0.6 is 0 Å². The molecule has 1 N–H and O–H groups in total. The number of nitrogens with one attached hydrogen (secondary N) is 1. The Morgan fingerprint density at radius 2 is 1.97 bits per heavy atom. The van der Waals surface area contributed by atoms with Crippen molar-refractivity contribution in [2.45, 2.75) is 64.6 Å². The van der Waals surface area contributed by atoms with Gasteiger partial charge in [-0.05, 0) is 57.9 Å². The highest BCUT2D eigenvalue weighted by molar-refractivity contribution is 5.80. The third-order valence-corrected chi connectivity index (χ3v) is 5.77. The molecule has 1 aliphatic carbocycles. The van der Waals surface area contributed by atoms with Crippen molar-refractivity contribution in [1.82, 2.24) is 15.1 Å². The lowest BCUT2D eigenvalue weighted by molar-refractivity contribution is -0.384. The molecule has 176 valence electrons. The fraction of sp³-hybridized carbons (Fsp3) is 0.652. The zero-order valence-corrected chi connectivity index (χ0v) is 19.5. The number of nitro groups is 1. The fourth-order valence-corrected chi connectivity index (χ4v) is 3.95. The van der Waals surface area contributed by atoms with Crippen LogP contribution in [0.4, 0.5) is 10.5 Å². The summed E-state index contributed by atoms with van der Waals surface area (Å²) in [5.74, 6) is 1.37. The average molecular weight is 446 g/mol. The predicted molar refractivity (Wildman–Crippen MR) is 124 cm³/mol. The van der Waals surface area contributed by atoms with Crippen molar-refractivity contribution in [2.24, 2.45) is 10.9 Å². The largest absolute Gasteiger partial charge is 0.444 e. The van der Waals surface area contributed by atoms with E-state index in [2.05, 4.69) is 15.2 Å². The quantitative estimate of drug-likeness (QED) is 0.310. The lowest BCUT2D eigenvalue weighted by Gasteiger charge is -2.40. The Balaban J connectivity index is 1.55. The van der Waals surface area contributed by atoms with Gasteiger partial charge in [0, 0.05) is 51.4 Å². The molecule has 1 saturated heterocycles. The highest BCUT2D eigenvalue weighted by Gasteiger charge is 2.35. The number of nitrogens with zero attached hydrogens (tertiary/aromatic N) is 4. The van der Waals surface area contributed by atoms with Gasteiger partial charge in [0.05, 0.1) is 4.92 Å². The number of aliphatic imine (C=N–C) groups is 1. The molecule has 0 aromatic heterocycles. The number of non-ortho nitro benzene ring substituents is 1. The second-order valence-electron chi connectivity index (χ2n) is 9.62. The zero-order chi connectivity index (χ0) is 23.3. The fourth-order valence-electron chi connectivity index (χ4n) is 3.95. The molecule has 3 rings (SSSR count). The normalized spacial score (nSPS) is 17.8. The predicted octanol–water partition coefficient (Wildman–Crippen LogP) is 3.78. The second kappa shape index (κ2) is 10.2. The second-order valence-corrected chi connectivity index (χ2v) is 9.62. The summed E-state index contributed by atoms with van der Waals surface area (Å²) in [5, 5.41) is 14.3. The molecule has 1 aromatic carbocycles. The van der Waals surface area contributed by atoms with Crippen LogP contribution in [0.3, 0.4) is 0 Å². The van der Waals surface area contributed by atoms with Crippen molar-refractivity contribution in [3.05, 3.63) is 39.9 Å². The van der Waals surface area contributed by atoms with Crippen LogP contribution in [0, 0.1) is 16.0 Å². The number of likely N-dealkylation sites (tertiary alicyclic amines) is 1. The van der Waals surface area contributed by atoms with Crippen molar-refractivity contribution in [1.29, 1.82) is 0 Å². The number of hydrogen-bond donors (Lipinski definition) is 1. The average Bonchev–Trinajstić information content (AvgIpc) is 3.56. The molecular formula is C23H35N5O4. The third kappa shape index (κ3) is 6.83. The van der Waals surface area contributed by atoms with Crippen LogP contribution in [0.1, 0.15) is 52.0 Å². The van der Waals surface area contributed by atoms with Crippen LogP contribution in [0.15, 0.2) is 29.3 Å². The first-order valence-corrected chi connectivity index (χ1v) is 11.3. The van der Waals surface area contributed by atoms with Gasteiger partial charge in [-0.15, -0.1) is 0 Å². The van der Waals surface area contributed by atoms with E-state index in [-0.39, 0.29) is 22.7 Å². The van der Waals surface area contributed by atoms with E-state index < -0.39 is 5.60 Å². The van der Waals surface area contributed by atoms with E-state index in [1.54, 1.807) is 19.2 Å². The first-order chi connectivity index (χ1) is 15.2. The van der Waals surface area contributed by atoms with E-state index in [9.17, 15) is 14.9 Å². The molecule has 32 heavy (non-hydrogen) atoms. The van der Waals surface area contributed by atoms with E-state index in [0.717, 1.165) is 44.0 Å². The minimum absolute atomic E-state index is 0.0815. The van der Waals surface area contributed by atoms with Crippen LogP contribution in [0.25, 0.3) is 0 Å². The molecular weight excluding hydrogens is 410 g/mol. The van der Waals surface area contributed by atoms with E-state index in [4.69, 9.17) is 4.74 Å². The summed E-state index contributed by atoms with van der Waals surface area (Å²) in [6.45, 7) is 8.51. The smallest absolute Gasteiger partial charge is 0.410 e. The molecule has 2 fully saturated rings. The SMILES string of the molecule is CN=C(NCc1cccc([N+](=O)[O-])c1)N1CCC(N(CC2CC2)C(=O)OC(C)(C)C)CC1. The van der Waals surface area contributed by atoms with Crippen LogP contribution in [0.2, 0.25) is 0 Å². The van der Waals surface area contributed by atoms with Crippen LogP contribution in [0.5, 0.6) is 0 Å². The first kappa shape index (κ1) is 23.8. The van der Waals surface area contributed by atoms with Gasteiger partial charge in [0.2, 0.25) is 0 Å². The van der Waals surface area contributed by atoms with Gasteiger partial charge in [0.1, 0.15) is 5.60 Å². The van der Waals surface area contributed by atoms with Gasteiger partial charge >= 0.3 is 6.09 Å². The van der Waals surface area contributed by atoms with Crippen molar-refractivity contribution in [3.8, 4) is 0 Å². The van der Waals surface area contributed by atoms with E-state index in [1.165, 1.54) is 18.9 Å². The highest BCUT2D eigenvalue weighted by atomic mass is 16.6. The molecule has 1 aromatic rings.